The molecule has 5 atom stereocenters. The molecule has 44 heavy (non-hydrogen) atoms. The van der Waals surface area contributed by atoms with E-state index in [0.717, 1.165) is 0 Å². The first-order valence-corrected chi connectivity index (χ1v) is 13.7. The van der Waals surface area contributed by atoms with Gasteiger partial charge in [-0.1, -0.05) is 0 Å². The van der Waals surface area contributed by atoms with E-state index in [4.69, 9.17) is 32.5 Å². The summed E-state index contributed by atoms with van der Waals surface area (Å²) >= 11 is 0. The molecule has 1 fully saturated rings. The number of guanidine groups is 1. The predicted molar refractivity (Wildman–Crippen MR) is 152 cm³/mol. The van der Waals surface area contributed by atoms with Crippen LogP contribution in [0.4, 0.5) is 0 Å². The Morgan fingerprint density at radius 3 is 2.14 bits per heavy atom. The van der Waals surface area contributed by atoms with E-state index in [1.165, 1.54) is 11.8 Å². The summed E-state index contributed by atoms with van der Waals surface area (Å²) in [5.74, 6) is -6.11. The standard InChI is InChI=1S/C24H42N10O10/c1-12(31-17(37)8-30-21(41)16-5-3-7-34(16)22(42)13(25)10-35)19(39)33-14(4-2-6-28-24(26)27)20(40)29-9-18(38)32-15(11-36)23(43)44/h12-16,35-36H,2-11,25H2,1H3,(H,29,40)(H,30,41)(H,31,37)(H,32,38)(H,33,39)(H,43,44)(H4,26,27,28). The second-order valence-corrected chi connectivity index (χ2v) is 9.85. The molecule has 0 saturated carbocycles. The van der Waals surface area contributed by atoms with Crippen LogP contribution in [0.5, 0.6) is 0 Å². The van der Waals surface area contributed by atoms with Gasteiger partial charge in [0.25, 0.3) is 0 Å². The summed E-state index contributed by atoms with van der Waals surface area (Å²) in [5.41, 5.74) is 16.1. The van der Waals surface area contributed by atoms with Crippen molar-refractivity contribution in [3.05, 3.63) is 0 Å². The number of nitrogens with one attached hydrogen (secondary N) is 5. The molecule has 0 bridgehead atoms. The van der Waals surface area contributed by atoms with Crippen molar-refractivity contribution in [3.8, 4) is 0 Å². The van der Waals surface area contributed by atoms with Gasteiger partial charge in [-0.2, -0.15) is 0 Å². The lowest BCUT2D eigenvalue weighted by Gasteiger charge is -2.26. The minimum Gasteiger partial charge on any atom is -0.480 e. The fourth-order valence-corrected chi connectivity index (χ4v) is 4.03. The first-order chi connectivity index (χ1) is 20.7. The van der Waals surface area contributed by atoms with E-state index in [1.54, 1.807) is 0 Å². The second-order valence-electron chi connectivity index (χ2n) is 9.85. The molecule has 20 heteroatoms. The van der Waals surface area contributed by atoms with Gasteiger partial charge in [-0.15, -0.1) is 0 Å². The molecule has 0 spiro atoms. The summed E-state index contributed by atoms with van der Waals surface area (Å²) in [6.45, 7) is -0.937. The number of aliphatic carboxylic acids is 1. The number of likely N-dealkylation sites (tertiary alicyclic amines) is 1. The molecular weight excluding hydrogens is 588 g/mol. The Labute approximate surface area is 252 Å². The van der Waals surface area contributed by atoms with Gasteiger partial charge >= 0.3 is 5.97 Å². The summed E-state index contributed by atoms with van der Waals surface area (Å²) < 4.78 is 0. The van der Waals surface area contributed by atoms with E-state index >= 15 is 0 Å². The number of aliphatic hydroxyl groups is 2. The molecule has 248 valence electrons. The third-order valence-corrected chi connectivity index (χ3v) is 6.36. The van der Waals surface area contributed by atoms with Gasteiger partial charge < -0.3 is 64.0 Å². The number of aliphatic imine (C=N–C) groups is 1. The molecule has 0 aromatic carbocycles. The highest BCUT2D eigenvalue weighted by molar-refractivity contribution is 5.95. The molecule has 1 saturated heterocycles. The molecular formula is C24H42N10O10. The zero-order valence-corrected chi connectivity index (χ0v) is 24.3. The van der Waals surface area contributed by atoms with E-state index < -0.39 is 97.9 Å². The third kappa shape index (κ3) is 12.8. The number of rotatable bonds is 18. The Hall–Kier alpha value is -4.56. The van der Waals surface area contributed by atoms with E-state index in [-0.39, 0.29) is 31.9 Å². The van der Waals surface area contributed by atoms with Gasteiger partial charge in [0, 0.05) is 13.1 Å². The quantitative estimate of drug-likeness (QED) is 0.0381. The van der Waals surface area contributed by atoms with E-state index in [1.807, 2.05) is 5.32 Å². The average molecular weight is 631 g/mol. The zero-order valence-electron chi connectivity index (χ0n) is 24.3. The van der Waals surface area contributed by atoms with Gasteiger partial charge in [0.2, 0.25) is 35.4 Å². The maximum atomic E-state index is 12.8. The van der Waals surface area contributed by atoms with Crippen molar-refractivity contribution >= 4 is 47.4 Å². The van der Waals surface area contributed by atoms with Crippen LogP contribution in [-0.4, -0.2) is 137 Å². The molecule has 6 amide bonds. The lowest BCUT2D eigenvalue weighted by Crippen LogP contribution is -2.55. The summed E-state index contributed by atoms with van der Waals surface area (Å²) in [4.78, 5) is 90.8. The van der Waals surface area contributed by atoms with Crippen LogP contribution in [0.1, 0.15) is 32.6 Å². The van der Waals surface area contributed by atoms with Crippen LogP contribution >= 0.6 is 0 Å². The largest absolute Gasteiger partial charge is 0.480 e. The van der Waals surface area contributed by atoms with Crippen LogP contribution in [0.2, 0.25) is 0 Å². The van der Waals surface area contributed by atoms with E-state index in [0.29, 0.717) is 12.8 Å². The molecule has 0 aromatic heterocycles. The smallest absolute Gasteiger partial charge is 0.328 e. The fourth-order valence-electron chi connectivity index (χ4n) is 4.03. The van der Waals surface area contributed by atoms with Crippen molar-refractivity contribution in [1.29, 1.82) is 0 Å². The maximum absolute atomic E-state index is 12.8. The van der Waals surface area contributed by atoms with Crippen LogP contribution < -0.4 is 43.8 Å². The van der Waals surface area contributed by atoms with Crippen molar-refractivity contribution in [3.63, 3.8) is 0 Å². The highest BCUT2D eigenvalue weighted by atomic mass is 16.4. The molecule has 0 aromatic rings. The summed E-state index contributed by atoms with van der Waals surface area (Å²) in [6.07, 6.45) is 1.11. The molecule has 14 N–H and O–H groups in total. The first-order valence-electron chi connectivity index (χ1n) is 13.7. The number of hydrogen-bond acceptors (Lipinski definition) is 11. The van der Waals surface area contributed by atoms with Gasteiger partial charge in [-0.05, 0) is 32.6 Å². The summed E-state index contributed by atoms with van der Waals surface area (Å²) in [6, 6.07) is -6.01. The van der Waals surface area contributed by atoms with Crippen LogP contribution in [0.25, 0.3) is 0 Å². The SMILES string of the molecule is CC(NC(=O)CNC(=O)C1CCCN1C(=O)C(N)CO)C(=O)NC(CCCN=C(N)N)C(=O)NCC(=O)NC(CO)C(=O)O. The van der Waals surface area contributed by atoms with Gasteiger partial charge in [0.1, 0.15) is 30.2 Å². The Balaban J connectivity index is 2.71. The van der Waals surface area contributed by atoms with Crippen LogP contribution in [0.15, 0.2) is 4.99 Å². The Bertz CT molecular complexity index is 1080. The fraction of sp³-hybridized carbons (Fsp3) is 0.667. The second kappa shape index (κ2) is 18.9. The molecule has 5 unspecified atom stereocenters. The summed E-state index contributed by atoms with van der Waals surface area (Å²) in [7, 11) is 0. The minimum atomic E-state index is -1.58. The number of carboxylic acid groups (broad SMARTS) is 1. The Kier molecular flexibility index (Phi) is 16.1. The molecule has 1 aliphatic rings. The minimum absolute atomic E-state index is 0.0115. The van der Waals surface area contributed by atoms with Gasteiger partial charge in [0.15, 0.2) is 5.96 Å². The van der Waals surface area contributed by atoms with E-state index in [9.17, 15) is 33.6 Å². The van der Waals surface area contributed by atoms with Crippen LogP contribution in [-0.2, 0) is 33.6 Å². The van der Waals surface area contributed by atoms with Crippen LogP contribution in [0, 0.1) is 0 Å². The number of nitrogens with zero attached hydrogens (tertiary/aromatic N) is 2. The van der Waals surface area contributed by atoms with Crippen LogP contribution in [0.3, 0.4) is 0 Å². The van der Waals surface area contributed by atoms with Crippen molar-refractivity contribution in [2.45, 2.75) is 62.8 Å². The lowest BCUT2D eigenvalue weighted by atomic mass is 10.1. The van der Waals surface area contributed by atoms with Gasteiger partial charge in [-0.3, -0.25) is 33.8 Å². The highest BCUT2D eigenvalue weighted by Gasteiger charge is 2.36. The number of carboxylic acids is 1. The molecule has 0 aliphatic carbocycles. The highest BCUT2D eigenvalue weighted by Crippen LogP contribution is 2.18. The molecule has 20 nitrogen and oxygen atoms in total. The molecule has 0 radical (unpaired) electrons. The normalized spacial score (nSPS) is 16.8. The van der Waals surface area contributed by atoms with Crippen molar-refractivity contribution in [2.24, 2.45) is 22.2 Å². The first kappa shape index (κ1) is 37.5. The maximum Gasteiger partial charge on any atom is 0.328 e. The molecule has 1 aliphatic heterocycles. The monoisotopic (exact) mass is 630 g/mol. The number of hydrogen-bond donors (Lipinski definition) is 11. The summed E-state index contributed by atoms with van der Waals surface area (Å²) in [5, 5.41) is 38.5. The number of carbonyl (C=O) groups is 7. The number of carbonyl (C=O) groups excluding carboxylic acids is 6. The lowest BCUT2D eigenvalue weighted by molar-refractivity contribution is -0.142. The third-order valence-electron chi connectivity index (χ3n) is 6.36. The van der Waals surface area contributed by atoms with Crippen molar-refractivity contribution < 1.29 is 48.9 Å². The Morgan fingerprint density at radius 2 is 1.55 bits per heavy atom. The van der Waals surface area contributed by atoms with Crippen molar-refractivity contribution in [2.75, 3.05) is 39.4 Å². The van der Waals surface area contributed by atoms with Crippen molar-refractivity contribution in [1.82, 2.24) is 31.5 Å². The zero-order chi connectivity index (χ0) is 33.4. The van der Waals surface area contributed by atoms with Gasteiger partial charge in [-0.25, -0.2) is 4.79 Å². The number of nitrogens with two attached hydrogens (primary N) is 3. The predicted octanol–water partition coefficient (Wildman–Crippen LogP) is -6.87. The van der Waals surface area contributed by atoms with E-state index in [2.05, 4.69) is 26.3 Å². The average Bonchev–Trinajstić information content (AvgIpc) is 3.47. The Morgan fingerprint density at radius 1 is 0.909 bits per heavy atom. The molecule has 1 rings (SSSR count). The van der Waals surface area contributed by atoms with Gasteiger partial charge in [0.05, 0.1) is 26.3 Å². The number of amides is 6. The molecule has 1 heterocycles. The topological polar surface area (TPSA) is 334 Å². The number of aliphatic hydroxyl groups excluding tert-OH is 2.